The van der Waals surface area contributed by atoms with E-state index in [0.717, 1.165) is 0 Å². The fourth-order valence-corrected chi connectivity index (χ4v) is 1.75. The molecule has 0 radical (unpaired) electrons. The Morgan fingerprint density at radius 1 is 1.39 bits per heavy atom. The Morgan fingerprint density at radius 2 is 2.17 bits per heavy atom. The number of ether oxygens (including phenoxy) is 1. The zero-order chi connectivity index (χ0) is 13.0. The second kappa shape index (κ2) is 5.19. The summed E-state index contributed by atoms with van der Waals surface area (Å²) in [6.07, 6.45) is 2.74. The molecule has 1 aromatic carbocycles. The van der Waals surface area contributed by atoms with Crippen LogP contribution in [-0.2, 0) is 0 Å². The number of hydrogen-bond donors (Lipinski definition) is 0. The molecule has 1 unspecified atom stereocenters. The summed E-state index contributed by atoms with van der Waals surface area (Å²) < 4.78 is 10.0. The molecule has 0 fully saturated rings. The summed E-state index contributed by atoms with van der Waals surface area (Å²) >= 11 is 0. The molecule has 1 atom stereocenters. The molecular formula is C14H11NO3. The van der Waals surface area contributed by atoms with Gasteiger partial charge < -0.3 is 9.15 Å². The van der Waals surface area contributed by atoms with Crippen molar-refractivity contribution in [3.8, 4) is 11.8 Å². The molecule has 2 rings (SSSR count). The van der Waals surface area contributed by atoms with Crippen molar-refractivity contribution in [3.63, 3.8) is 0 Å². The Morgan fingerprint density at radius 3 is 2.78 bits per heavy atom. The number of Topliss-reactive ketones (excluding diaryl/α,β-unsaturated/α-hetero) is 1. The van der Waals surface area contributed by atoms with Crippen LogP contribution in [0.1, 0.15) is 21.8 Å². The highest BCUT2D eigenvalue weighted by Crippen LogP contribution is 2.28. The van der Waals surface area contributed by atoms with Gasteiger partial charge in [0.1, 0.15) is 17.9 Å². The van der Waals surface area contributed by atoms with Crippen LogP contribution in [0.3, 0.4) is 0 Å². The molecule has 0 aliphatic rings. The molecule has 0 N–H and O–H groups in total. The van der Waals surface area contributed by atoms with Crippen LogP contribution in [0.25, 0.3) is 0 Å². The highest BCUT2D eigenvalue weighted by Gasteiger charge is 2.25. The standard InChI is InChI=1S/C14H11NO3/c1-17-13-5-3-2-4-11(13)12(8-15)14(16)10-6-7-18-9-10/h2-7,9,12H,1H3. The van der Waals surface area contributed by atoms with Crippen molar-refractivity contribution < 1.29 is 13.9 Å². The number of benzene rings is 1. The fourth-order valence-electron chi connectivity index (χ4n) is 1.75. The third-order valence-electron chi connectivity index (χ3n) is 2.65. The van der Waals surface area contributed by atoms with Crippen molar-refractivity contribution in [2.45, 2.75) is 5.92 Å². The molecule has 0 saturated heterocycles. The number of rotatable bonds is 4. The second-order valence-corrected chi connectivity index (χ2v) is 3.68. The minimum Gasteiger partial charge on any atom is -0.496 e. The Labute approximate surface area is 104 Å². The zero-order valence-corrected chi connectivity index (χ0v) is 9.79. The molecule has 4 nitrogen and oxygen atoms in total. The number of methoxy groups -OCH3 is 1. The third-order valence-corrected chi connectivity index (χ3v) is 2.65. The van der Waals surface area contributed by atoms with Gasteiger partial charge in [0, 0.05) is 5.56 Å². The Kier molecular flexibility index (Phi) is 3.44. The highest BCUT2D eigenvalue weighted by atomic mass is 16.5. The van der Waals surface area contributed by atoms with Crippen LogP contribution in [0.15, 0.2) is 47.3 Å². The molecule has 90 valence electrons. The van der Waals surface area contributed by atoms with Crippen molar-refractivity contribution in [1.82, 2.24) is 0 Å². The van der Waals surface area contributed by atoms with Crippen LogP contribution in [0.5, 0.6) is 5.75 Å². The zero-order valence-electron chi connectivity index (χ0n) is 9.79. The Hall–Kier alpha value is -2.54. The van der Waals surface area contributed by atoms with Crippen LogP contribution in [-0.4, -0.2) is 12.9 Å². The van der Waals surface area contributed by atoms with E-state index in [1.807, 2.05) is 6.07 Å². The normalized spacial score (nSPS) is 11.6. The predicted octanol–water partition coefficient (Wildman–Crippen LogP) is 2.78. The van der Waals surface area contributed by atoms with Crippen molar-refractivity contribution in [2.75, 3.05) is 7.11 Å². The van der Waals surface area contributed by atoms with Gasteiger partial charge in [-0.25, -0.2) is 0 Å². The SMILES string of the molecule is COc1ccccc1C(C#N)C(=O)c1ccoc1. The van der Waals surface area contributed by atoms with Crippen LogP contribution >= 0.6 is 0 Å². The number of hydrogen-bond acceptors (Lipinski definition) is 4. The lowest BCUT2D eigenvalue weighted by molar-refractivity contribution is 0.0977. The maximum atomic E-state index is 12.2. The fraction of sp³-hybridized carbons (Fsp3) is 0.143. The van der Waals surface area contributed by atoms with Gasteiger partial charge in [0.15, 0.2) is 5.78 Å². The van der Waals surface area contributed by atoms with Crippen LogP contribution in [0.4, 0.5) is 0 Å². The molecule has 0 aliphatic carbocycles. The van der Waals surface area contributed by atoms with Crippen LogP contribution in [0.2, 0.25) is 0 Å². The first-order valence-corrected chi connectivity index (χ1v) is 5.37. The largest absolute Gasteiger partial charge is 0.496 e. The molecule has 0 aliphatic heterocycles. The number of ketones is 1. The lowest BCUT2D eigenvalue weighted by Gasteiger charge is -2.11. The number of para-hydroxylation sites is 1. The van der Waals surface area contributed by atoms with E-state index in [1.54, 1.807) is 30.3 Å². The van der Waals surface area contributed by atoms with E-state index in [0.29, 0.717) is 16.9 Å². The van der Waals surface area contributed by atoms with E-state index < -0.39 is 5.92 Å². The molecule has 0 spiro atoms. The molecule has 0 saturated carbocycles. The quantitative estimate of drug-likeness (QED) is 0.772. The number of nitrogens with zero attached hydrogens (tertiary/aromatic N) is 1. The minimum absolute atomic E-state index is 0.296. The third kappa shape index (κ3) is 2.11. The summed E-state index contributed by atoms with van der Waals surface area (Å²) in [6, 6.07) is 10.6. The van der Waals surface area contributed by atoms with E-state index in [9.17, 15) is 10.1 Å². The van der Waals surface area contributed by atoms with E-state index in [1.165, 1.54) is 19.6 Å². The number of furan rings is 1. The van der Waals surface area contributed by atoms with E-state index in [4.69, 9.17) is 9.15 Å². The first-order valence-electron chi connectivity index (χ1n) is 5.37. The van der Waals surface area contributed by atoms with Gasteiger partial charge in [0.05, 0.1) is 25.0 Å². The summed E-state index contributed by atoms with van der Waals surface area (Å²) in [7, 11) is 1.51. The molecule has 1 aromatic heterocycles. The average molecular weight is 241 g/mol. The average Bonchev–Trinajstić information content (AvgIpc) is 2.94. The smallest absolute Gasteiger partial charge is 0.187 e. The minimum atomic E-state index is -0.890. The summed E-state index contributed by atoms with van der Waals surface area (Å²) in [4.78, 5) is 12.2. The Balaban J connectivity index is 2.41. The van der Waals surface area contributed by atoms with Gasteiger partial charge in [0.2, 0.25) is 0 Å². The highest BCUT2D eigenvalue weighted by molar-refractivity contribution is 6.02. The van der Waals surface area contributed by atoms with Crippen molar-refractivity contribution in [2.24, 2.45) is 0 Å². The molecule has 2 aromatic rings. The van der Waals surface area contributed by atoms with Gasteiger partial charge in [-0.2, -0.15) is 5.26 Å². The van der Waals surface area contributed by atoms with Gasteiger partial charge in [-0.3, -0.25) is 4.79 Å². The summed E-state index contributed by atoms with van der Waals surface area (Å²) in [5.74, 6) is -0.657. The van der Waals surface area contributed by atoms with Crippen molar-refractivity contribution in [1.29, 1.82) is 5.26 Å². The lowest BCUT2D eigenvalue weighted by Crippen LogP contribution is -2.11. The summed E-state index contributed by atoms with van der Waals surface area (Å²) in [5.41, 5.74) is 0.946. The number of carbonyl (C=O) groups is 1. The summed E-state index contributed by atoms with van der Waals surface area (Å²) in [6.45, 7) is 0. The van der Waals surface area contributed by atoms with Gasteiger partial charge in [-0.15, -0.1) is 0 Å². The number of nitriles is 1. The van der Waals surface area contributed by atoms with Gasteiger partial charge >= 0.3 is 0 Å². The lowest BCUT2D eigenvalue weighted by atomic mass is 9.92. The predicted molar refractivity (Wildman–Crippen MR) is 64.4 cm³/mol. The van der Waals surface area contributed by atoms with Crippen LogP contribution in [0, 0.1) is 11.3 Å². The molecule has 1 heterocycles. The first-order chi connectivity index (χ1) is 8.77. The molecule has 4 heteroatoms. The maximum Gasteiger partial charge on any atom is 0.187 e. The topological polar surface area (TPSA) is 63.2 Å². The molecular weight excluding hydrogens is 230 g/mol. The first kappa shape index (κ1) is 11.9. The van der Waals surface area contributed by atoms with Gasteiger partial charge in [-0.1, -0.05) is 18.2 Å². The van der Waals surface area contributed by atoms with E-state index in [2.05, 4.69) is 0 Å². The molecule has 0 bridgehead atoms. The monoisotopic (exact) mass is 241 g/mol. The van der Waals surface area contributed by atoms with Crippen molar-refractivity contribution >= 4 is 5.78 Å². The Bertz CT molecular complexity index is 581. The van der Waals surface area contributed by atoms with E-state index in [-0.39, 0.29) is 5.78 Å². The molecule has 18 heavy (non-hydrogen) atoms. The number of carbonyl (C=O) groups excluding carboxylic acids is 1. The summed E-state index contributed by atoms with van der Waals surface area (Å²) in [5, 5.41) is 9.21. The van der Waals surface area contributed by atoms with Crippen molar-refractivity contribution in [3.05, 3.63) is 54.0 Å². The van der Waals surface area contributed by atoms with E-state index >= 15 is 0 Å². The van der Waals surface area contributed by atoms with Crippen LogP contribution < -0.4 is 4.74 Å². The van der Waals surface area contributed by atoms with Gasteiger partial charge in [0.25, 0.3) is 0 Å². The van der Waals surface area contributed by atoms with Gasteiger partial charge in [-0.05, 0) is 12.1 Å². The molecule has 0 amide bonds. The maximum absolute atomic E-state index is 12.2. The second-order valence-electron chi connectivity index (χ2n) is 3.68.